The summed E-state index contributed by atoms with van der Waals surface area (Å²) in [5, 5.41) is 3.36. The minimum absolute atomic E-state index is 0.209. The predicted molar refractivity (Wildman–Crippen MR) is 70.5 cm³/mol. The molecule has 0 bridgehead atoms. The summed E-state index contributed by atoms with van der Waals surface area (Å²) >= 11 is 0. The second-order valence-corrected chi connectivity index (χ2v) is 5.84. The van der Waals surface area contributed by atoms with Crippen LogP contribution in [0.25, 0.3) is 0 Å². The van der Waals surface area contributed by atoms with Crippen LogP contribution in [0, 0.1) is 5.92 Å². The van der Waals surface area contributed by atoms with Gasteiger partial charge in [0.1, 0.15) is 0 Å². The van der Waals surface area contributed by atoms with E-state index in [1.54, 1.807) is 0 Å². The number of hydrogen-bond acceptors (Lipinski definition) is 4. The number of rotatable bonds is 5. The van der Waals surface area contributed by atoms with Gasteiger partial charge in [0.15, 0.2) is 5.79 Å². The van der Waals surface area contributed by atoms with Gasteiger partial charge in [0.05, 0.1) is 19.3 Å². The summed E-state index contributed by atoms with van der Waals surface area (Å²) < 4.78 is 17.7. The van der Waals surface area contributed by atoms with Gasteiger partial charge in [-0.05, 0) is 25.8 Å². The molecule has 0 aromatic heterocycles. The smallest absolute Gasteiger partial charge is 0.171 e. The van der Waals surface area contributed by atoms with E-state index in [0.717, 1.165) is 45.5 Å². The Morgan fingerprint density at radius 3 is 2.67 bits per heavy atom. The Kier molecular flexibility index (Phi) is 5.01. The number of likely N-dealkylation sites (N-methyl/N-ethyl adjacent to an activating group) is 1. The van der Waals surface area contributed by atoms with Gasteiger partial charge >= 0.3 is 0 Å². The van der Waals surface area contributed by atoms with Crippen molar-refractivity contribution in [1.82, 2.24) is 5.32 Å². The largest absolute Gasteiger partial charge is 0.376 e. The Labute approximate surface area is 110 Å². The SMILES string of the molecule is CNC1CCC2(CC1OCCC(C)C)OCCO2. The molecule has 2 fully saturated rings. The second-order valence-electron chi connectivity index (χ2n) is 5.84. The molecule has 1 aliphatic carbocycles. The molecule has 18 heavy (non-hydrogen) atoms. The van der Waals surface area contributed by atoms with Gasteiger partial charge in [0, 0.05) is 25.5 Å². The van der Waals surface area contributed by atoms with Crippen molar-refractivity contribution < 1.29 is 14.2 Å². The van der Waals surface area contributed by atoms with Crippen LogP contribution in [-0.4, -0.2) is 44.8 Å². The molecule has 1 aliphatic heterocycles. The molecule has 0 aromatic carbocycles. The first-order valence-electron chi connectivity index (χ1n) is 7.22. The maximum atomic E-state index is 6.06. The fraction of sp³-hybridized carbons (Fsp3) is 1.00. The van der Waals surface area contributed by atoms with Gasteiger partial charge < -0.3 is 19.5 Å². The highest BCUT2D eigenvalue weighted by atomic mass is 16.7. The highest BCUT2D eigenvalue weighted by Gasteiger charge is 2.45. The van der Waals surface area contributed by atoms with E-state index in [9.17, 15) is 0 Å². The summed E-state index contributed by atoms with van der Waals surface area (Å²) in [5.41, 5.74) is 0. The summed E-state index contributed by atoms with van der Waals surface area (Å²) in [6.45, 7) is 6.73. The summed E-state index contributed by atoms with van der Waals surface area (Å²) in [4.78, 5) is 0. The van der Waals surface area contributed by atoms with E-state index in [1.807, 2.05) is 7.05 Å². The zero-order chi connectivity index (χ0) is 13.0. The van der Waals surface area contributed by atoms with E-state index in [2.05, 4.69) is 19.2 Å². The van der Waals surface area contributed by atoms with Crippen LogP contribution in [0.4, 0.5) is 0 Å². The lowest BCUT2D eigenvalue weighted by Crippen LogP contribution is -2.51. The summed E-state index contributed by atoms with van der Waals surface area (Å²) in [6.07, 6.45) is 4.21. The fourth-order valence-corrected chi connectivity index (χ4v) is 2.83. The monoisotopic (exact) mass is 257 g/mol. The van der Waals surface area contributed by atoms with Gasteiger partial charge in [-0.25, -0.2) is 0 Å². The first-order valence-corrected chi connectivity index (χ1v) is 7.22. The van der Waals surface area contributed by atoms with Crippen molar-refractivity contribution in [3.05, 3.63) is 0 Å². The van der Waals surface area contributed by atoms with Gasteiger partial charge in [-0.2, -0.15) is 0 Å². The maximum absolute atomic E-state index is 6.06. The molecule has 0 aromatic rings. The third-order valence-corrected chi connectivity index (χ3v) is 4.01. The van der Waals surface area contributed by atoms with Crippen LogP contribution in [0.15, 0.2) is 0 Å². The van der Waals surface area contributed by atoms with Crippen molar-refractivity contribution in [3.8, 4) is 0 Å². The van der Waals surface area contributed by atoms with Crippen LogP contribution >= 0.6 is 0 Å². The molecule has 1 saturated heterocycles. The van der Waals surface area contributed by atoms with Crippen LogP contribution in [0.5, 0.6) is 0 Å². The van der Waals surface area contributed by atoms with Crippen LogP contribution in [0.3, 0.4) is 0 Å². The Hall–Kier alpha value is -0.160. The predicted octanol–water partition coefficient (Wildman–Crippen LogP) is 1.93. The molecule has 2 unspecified atom stereocenters. The Morgan fingerprint density at radius 1 is 1.33 bits per heavy atom. The van der Waals surface area contributed by atoms with E-state index in [-0.39, 0.29) is 11.9 Å². The molecule has 2 aliphatic rings. The molecule has 2 atom stereocenters. The zero-order valence-electron chi connectivity index (χ0n) is 11.9. The summed E-state index contributed by atoms with van der Waals surface area (Å²) in [6, 6.07) is 0.426. The van der Waals surface area contributed by atoms with Gasteiger partial charge in [-0.15, -0.1) is 0 Å². The molecule has 1 heterocycles. The van der Waals surface area contributed by atoms with E-state index < -0.39 is 0 Å². The lowest BCUT2D eigenvalue weighted by molar-refractivity contribution is -0.206. The fourth-order valence-electron chi connectivity index (χ4n) is 2.83. The molecule has 1 spiro atoms. The summed E-state index contributed by atoms with van der Waals surface area (Å²) in [7, 11) is 2.01. The van der Waals surface area contributed by atoms with Crippen molar-refractivity contribution in [2.24, 2.45) is 5.92 Å². The van der Waals surface area contributed by atoms with E-state index in [1.165, 1.54) is 0 Å². The van der Waals surface area contributed by atoms with Crippen LogP contribution in [0.1, 0.15) is 39.5 Å². The first-order chi connectivity index (χ1) is 8.65. The van der Waals surface area contributed by atoms with Gasteiger partial charge in [0.25, 0.3) is 0 Å². The van der Waals surface area contributed by atoms with Crippen LogP contribution in [0.2, 0.25) is 0 Å². The Balaban J connectivity index is 1.86. The molecular weight excluding hydrogens is 230 g/mol. The molecule has 1 saturated carbocycles. The molecule has 0 radical (unpaired) electrons. The van der Waals surface area contributed by atoms with Crippen molar-refractivity contribution >= 4 is 0 Å². The molecule has 0 amide bonds. The van der Waals surface area contributed by atoms with Crippen molar-refractivity contribution in [2.45, 2.75) is 57.5 Å². The molecule has 4 nitrogen and oxygen atoms in total. The van der Waals surface area contributed by atoms with Gasteiger partial charge in [0.2, 0.25) is 0 Å². The lowest BCUT2D eigenvalue weighted by atomic mass is 9.87. The highest BCUT2D eigenvalue weighted by molar-refractivity contribution is 4.91. The normalized spacial score (nSPS) is 31.3. The van der Waals surface area contributed by atoms with Crippen molar-refractivity contribution in [3.63, 3.8) is 0 Å². The lowest BCUT2D eigenvalue weighted by Gasteiger charge is -2.40. The topological polar surface area (TPSA) is 39.7 Å². The van der Waals surface area contributed by atoms with Crippen molar-refractivity contribution in [1.29, 1.82) is 0 Å². The number of ether oxygens (including phenoxy) is 3. The average molecular weight is 257 g/mol. The number of nitrogens with one attached hydrogen (secondary N) is 1. The van der Waals surface area contributed by atoms with E-state index >= 15 is 0 Å². The third-order valence-electron chi connectivity index (χ3n) is 4.01. The standard InChI is InChI=1S/C14H27NO3/c1-11(2)5-7-16-13-10-14(17-8-9-18-14)6-4-12(13)15-3/h11-13,15H,4-10H2,1-3H3. The van der Waals surface area contributed by atoms with E-state index in [0.29, 0.717) is 12.0 Å². The van der Waals surface area contributed by atoms with Gasteiger partial charge in [-0.3, -0.25) is 0 Å². The minimum atomic E-state index is -0.351. The molecule has 2 rings (SSSR count). The molecule has 4 heteroatoms. The Morgan fingerprint density at radius 2 is 2.06 bits per heavy atom. The minimum Gasteiger partial charge on any atom is -0.376 e. The third kappa shape index (κ3) is 3.44. The molecule has 1 N–H and O–H groups in total. The van der Waals surface area contributed by atoms with Crippen LogP contribution in [-0.2, 0) is 14.2 Å². The number of hydrogen-bond donors (Lipinski definition) is 1. The van der Waals surface area contributed by atoms with E-state index in [4.69, 9.17) is 14.2 Å². The second kappa shape index (κ2) is 6.33. The quantitative estimate of drug-likeness (QED) is 0.817. The zero-order valence-corrected chi connectivity index (χ0v) is 11.9. The maximum Gasteiger partial charge on any atom is 0.171 e. The van der Waals surface area contributed by atoms with Crippen LogP contribution < -0.4 is 5.32 Å². The van der Waals surface area contributed by atoms with Gasteiger partial charge in [-0.1, -0.05) is 13.8 Å². The highest BCUT2D eigenvalue weighted by Crippen LogP contribution is 2.37. The molecule has 106 valence electrons. The van der Waals surface area contributed by atoms with Crippen molar-refractivity contribution in [2.75, 3.05) is 26.9 Å². The Bertz CT molecular complexity index is 251. The summed E-state index contributed by atoms with van der Waals surface area (Å²) in [5.74, 6) is 0.338. The average Bonchev–Trinajstić information content (AvgIpc) is 2.77. The first kappa shape index (κ1) is 14.3. The molecular formula is C14H27NO3.